The average Bonchev–Trinajstić information content (AvgIpc) is 2.96. The largest absolute Gasteiger partial charge is 0.493 e. The van der Waals surface area contributed by atoms with Crippen LogP contribution in [0.25, 0.3) is 0 Å². The summed E-state index contributed by atoms with van der Waals surface area (Å²) in [6.45, 7) is 6.34. The summed E-state index contributed by atoms with van der Waals surface area (Å²) in [5, 5.41) is 8.46. The first-order valence-electron chi connectivity index (χ1n) is 8.56. The lowest BCUT2D eigenvalue weighted by atomic mass is 10.1. The fourth-order valence-electron chi connectivity index (χ4n) is 2.59. The van der Waals surface area contributed by atoms with Crippen LogP contribution in [0.4, 0.5) is 0 Å². The minimum Gasteiger partial charge on any atom is -0.493 e. The maximum Gasteiger partial charge on any atom is 0.122 e. The number of nitrogens with two attached hydrogens (primary N) is 1. The van der Waals surface area contributed by atoms with Gasteiger partial charge in [0.1, 0.15) is 5.75 Å². The molecule has 0 bridgehead atoms. The van der Waals surface area contributed by atoms with Gasteiger partial charge in [-0.3, -0.25) is 0 Å². The normalized spacial score (nSPS) is 10.9. The van der Waals surface area contributed by atoms with Crippen LogP contribution in [0.5, 0.6) is 5.75 Å². The second-order valence-electron chi connectivity index (χ2n) is 5.83. The van der Waals surface area contributed by atoms with Crippen molar-refractivity contribution in [2.75, 3.05) is 6.61 Å². The van der Waals surface area contributed by atoms with Crippen LogP contribution in [0.15, 0.2) is 24.3 Å². The molecule has 0 saturated carbocycles. The second-order valence-corrected chi connectivity index (χ2v) is 5.83. The minimum atomic E-state index is 0.468. The van der Waals surface area contributed by atoms with Gasteiger partial charge in [0, 0.05) is 13.1 Å². The number of aryl methyl sites for hydroxylation is 2. The number of nitrogens with zero attached hydrogens (tertiary/aromatic N) is 3. The van der Waals surface area contributed by atoms with Gasteiger partial charge in [-0.15, -0.1) is 5.10 Å². The highest BCUT2D eigenvalue weighted by Gasteiger charge is 2.10. The lowest BCUT2D eigenvalue weighted by Crippen LogP contribution is -2.09. The van der Waals surface area contributed by atoms with E-state index in [1.54, 1.807) is 0 Å². The van der Waals surface area contributed by atoms with E-state index in [-0.39, 0.29) is 0 Å². The number of hydrogen-bond acceptors (Lipinski definition) is 4. The average molecular weight is 316 g/mol. The summed E-state index contributed by atoms with van der Waals surface area (Å²) in [4.78, 5) is 0. The monoisotopic (exact) mass is 316 g/mol. The van der Waals surface area contributed by atoms with E-state index < -0.39 is 0 Å². The van der Waals surface area contributed by atoms with Crippen molar-refractivity contribution >= 4 is 0 Å². The Morgan fingerprint density at radius 1 is 1.17 bits per heavy atom. The van der Waals surface area contributed by atoms with E-state index in [2.05, 4.69) is 30.2 Å². The molecule has 1 aromatic heterocycles. The first-order valence-corrected chi connectivity index (χ1v) is 8.56. The Balaban J connectivity index is 1.78. The van der Waals surface area contributed by atoms with Crippen LogP contribution in [0.3, 0.4) is 0 Å². The minimum absolute atomic E-state index is 0.468. The highest BCUT2D eigenvalue weighted by molar-refractivity contribution is 5.31. The molecule has 0 unspecified atom stereocenters. The molecule has 1 aromatic carbocycles. The molecule has 5 heteroatoms. The van der Waals surface area contributed by atoms with E-state index in [1.165, 1.54) is 17.7 Å². The molecule has 0 aliphatic carbocycles. The van der Waals surface area contributed by atoms with Crippen molar-refractivity contribution in [3.8, 4) is 5.75 Å². The lowest BCUT2D eigenvalue weighted by molar-refractivity contribution is 0.299. The Bertz CT molecular complexity index is 594. The van der Waals surface area contributed by atoms with Crippen LogP contribution in [-0.2, 0) is 19.5 Å². The summed E-state index contributed by atoms with van der Waals surface area (Å²) < 4.78 is 7.85. The summed E-state index contributed by atoms with van der Waals surface area (Å²) in [6, 6.07) is 8.12. The summed E-state index contributed by atoms with van der Waals surface area (Å²) in [6.07, 6.45) is 5.35. The lowest BCUT2D eigenvalue weighted by Gasteiger charge is -2.10. The van der Waals surface area contributed by atoms with E-state index in [4.69, 9.17) is 10.5 Å². The van der Waals surface area contributed by atoms with Gasteiger partial charge in [-0.2, -0.15) is 0 Å². The number of aromatic nitrogens is 3. The Hall–Kier alpha value is -1.88. The number of para-hydroxylation sites is 1. The maximum atomic E-state index is 5.83. The molecule has 0 aliphatic rings. The molecule has 0 spiro atoms. The predicted octanol–water partition coefficient (Wildman–Crippen LogP) is 3.25. The van der Waals surface area contributed by atoms with Gasteiger partial charge in [0.25, 0.3) is 0 Å². The molecule has 126 valence electrons. The van der Waals surface area contributed by atoms with Crippen molar-refractivity contribution in [2.24, 2.45) is 5.73 Å². The van der Waals surface area contributed by atoms with E-state index in [1.807, 2.05) is 22.9 Å². The molecule has 0 aliphatic heterocycles. The van der Waals surface area contributed by atoms with E-state index in [9.17, 15) is 0 Å². The van der Waals surface area contributed by atoms with Crippen molar-refractivity contribution < 1.29 is 4.74 Å². The van der Waals surface area contributed by atoms with Crippen molar-refractivity contribution in [2.45, 2.75) is 59.0 Å². The summed E-state index contributed by atoms with van der Waals surface area (Å²) >= 11 is 0. The molecule has 0 atom stereocenters. The number of hydrogen-bond donors (Lipinski definition) is 1. The predicted molar refractivity (Wildman–Crippen MR) is 92.4 cm³/mol. The summed E-state index contributed by atoms with van der Waals surface area (Å²) in [7, 11) is 0. The smallest absolute Gasteiger partial charge is 0.122 e. The van der Waals surface area contributed by atoms with Gasteiger partial charge >= 0.3 is 0 Å². The second kappa shape index (κ2) is 9.30. The van der Waals surface area contributed by atoms with E-state index in [0.29, 0.717) is 6.54 Å². The fourth-order valence-corrected chi connectivity index (χ4v) is 2.59. The quantitative estimate of drug-likeness (QED) is 0.683. The molecule has 0 radical (unpaired) electrons. The Kier molecular flexibility index (Phi) is 7.07. The third kappa shape index (κ3) is 5.06. The first kappa shape index (κ1) is 17.5. The Morgan fingerprint density at radius 3 is 2.74 bits per heavy atom. The third-order valence-electron chi connectivity index (χ3n) is 3.99. The Labute approximate surface area is 138 Å². The molecule has 1 heterocycles. The first-order chi connectivity index (χ1) is 11.3. The van der Waals surface area contributed by atoms with Crippen LogP contribution in [0, 0.1) is 6.92 Å². The van der Waals surface area contributed by atoms with Crippen molar-refractivity contribution in [3.63, 3.8) is 0 Å². The van der Waals surface area contributed by atoms with Crippen LogP contribution >= 0.6 is 0 Å². The SMILES string of the molecule is CCCCc1c(CN)nnn1CCCCOc1ccccc1C. The maximum absolute atomic E-state index is 5.83. The number of benzene rings is 1. The van der Waals surface area contributed by atoms with Gasteiger partial charge in [-0.05, 0) is 44.2 Å². The van der Waals surface area contributed by atoms with Crippen LogP contribution in [-0.4, -0.2) is 21.6 Å². The van der Waals surface area contributed by atoms with Crippen molar-refractivity contribution in [1.82, 2.24) is 15.0 Å². The van der Waals surface area contributed by atoms with Gasteiger partial charge in [0.2, 0.25) is 0 Å². The Morgan fingerprint density at radius 2 is 2.00 bits per heavy atom. The van der Waals surface area contributed by atoms with E-state index in [0.717, 1.165) is 50.3 Å². The zero-order chi connectivity index (χ0) is 16.5. The molecule has 0 amide bonds. The van der Waals surface area contributed by atoms with Crippen LogP contribution < -0.4 is 10.5 Å². The van der Waals surface area contributed by atoms with Crippen molar-refractivity contribution in [1.29, 1.82) is 0 Å². The molecule has 0 saturated heterocycles. The summed E-state index contributed by atoms with van der Waals surface area (Å²) in [5.74, 6) is 0.974. The molecule has 0 fully saturated rings. The molecular weight excluding hydrogens is 288 g/mol. The number of unbranched alkanes of at least 4 members (excludes halogenated alkanes) is 2. The summed E-state index contributed by atoms with van der Waals surface area (Å²) in [5.41, 5.74) is 9.08. The van der Waals surface area contributed by atoms with Gasteiger partial charge in [0.15, 0.2) is 0 Å². The zero-order valence-corrected chi connectivity index (χ0v) is 14.3. The standard InChI is InChI=1S/C18H28N4O/c1-3-4-10-17-16(14-19)20-21-22(17)12-7-8-13-23-18-11-6-5-9-15(18)2/h5-6,9,11H,3-4,7-8,10,12-14,19H2,1-2H3. The molecule has 5 nitrogen and oxygen atoms in total. The van der Waals surface area contributed by atoms with Crippen LogP contribution in [0.1, 0.15) is 49.6 Å². The molecular formula is C18H28N4O. The number of ether oxygens (including phenoxy) is 1. The number of rotatable bonds is 10. The molecule has 2 N–H and O–H groups in total. The topological polar surface area (TPSA) is 66.0 Å². The highest BCUT2D eigenvalue weighted by Crippen LogP contribution is 2.16. The third-order valence-corrected chi connectivity index (χ3v) is 3.99. The van der Waals surface area contributed by atoms with E-state index >= 15 is 0 Å². The van der Waals surface area contributed by atoms with Crippen molar-refractivity contribution in [3.05, 3.63) is 41.2 Å². The van der Waals surface area contributed by atoms with Gasteiger partial charge in [-0.1, -0.05) is 36.8 Å². The van der Waals surface area contributed by atoms with Crippen LogP contribution in [0.2, 0.25) is 0 Å². The van der Waals surface area contributed by atoms with Gasteiger partial charge in [-0.25, -0.2) is 4.68 Å². The fraction of sp³-hybridized carbons (Fsp3) is 0.556. The molecule has 2 aromatic rings. The molecule has 2 rings (SSSR count). The highest BCUT2D eigenvalue weighted by atomic mass is 16.5. The van der Waals surface area contributed by atoms with Gasteiger partial charge < -0.3 is 10.5 Å². The van der Waals surface area contributed by atoms with Gasteiger partial charge in [0.05, 0.1) is 18.0 Å². The molecule has 23 heavy (non-hydrogen) atoms. The zero-order valence-electron chi connectivity index (χ0n) is 14.3.